The molecule has 1 rings (SSSR count). The van der Waals surface area contributed by atoms with Crippen molar-refractivity contribution in [3.8, 4) is 6.07 Å². The summed E-state index contributed by atoms with van der Waals surface area (Å²) in [4.78, 5) is 23.5. The zero-order chi connectivity index (χ0) is 17.4. The number of rotatable bonds is 6. The van der Waals surface area contributed by atoms with Gasteiger partial charge in [0.15, 0.2) is 17.2 Å². The van der Waals surface area contributed by atoms with E-state index >= 15 is 0 Å². The number of esters is 2. The summed E-state index contributed by atoms with van der Waals surface area (Å²) in [7, 11) is 0. The van der Waals surface area contributed by atoms with E-state index in [0.717, 1.165) is 18.3 Å². The molecular formula is C15H14F2N2O4. The van der Waals surface area contributed by atoms with Crippen LogP contribution < -0.4 is 5.32 Å². The fourth-order valence-electron chi connectivity index (χ4n) is 1.55. The number of nitrogens with zero attached hydrogens (tertiary/aromatic N) is 1. The van der Waals surface area contributed by atoms with Crippen LogP contribution in [-0.2, 0) is 19.1 Å². The average molecular weight is 324 g/mol. The van der Waals surface area contributed by atoms with E-state index in [9.17, 15) is 18.4 Å². The van der Waals surface area contributed by atoms with Crippen LogP contribution in [-0.4, -0.2) is 25.2 Å². The van der Waals surface area contributed by atoms with Gasteiger partial charge in [-0.3, -0.25) is 0 Å². The Morgan fingerprint density at radius 1 is 1.22 bits per heavy atom. The molecule has 0 saturated heterocycles. The van der Waals surface area contributed by atoms with Crippen molar-refractivity contribution in [1.29, 1.82) is 5.26 Å². The topological polar surface area (TPSA) is 88.4 Å². The Hall–Kier alpha value is -2.95. The summed E-state index contributed by atoms with van der Waals surface area (Å²) in [6.07, 6.45) is 0.920. The van der Waals surface area contributed by atoms with Gasteiger partial charge in [-0.15, -0.1) is 0 Å². The van der Waals surface area contributed by atoms with Crippen molar-refractivity contribution in [2.75, 3.05) is 18.5 Å². The zero-order valence-electron chi connectivity index (χ0n) is 12.5. The minimum absolute atomic E-state index is 0.0319. The highest BCUT2D eigenvalue weighted by atomic mass is 19.2. The van der Waals surface area contributed by atoms with Gasteiger partial charge in [-0.2, -0.15) is 5.26 Å². The molecule has 0 aliphatic rings. The van der Waals surface area contributed by atoms with Crippen molar-refractivity contribution in [2.24, 2.45) is 0 Å². The van der Waals surface area contributed by atoms with Crippen LogP contribution in [0.3, 0.4) is 0 Å². The van der Waals surface area contributed by atoms with E-state index in [1.54, 1.807) is 13.8 Å². The van der Waals surface area contributed by atoms with Gasteiger partial charge in [-0.1, -0.05) is 0 Å². The molecule has 1 aromatic carbocycles. The van der Waals surface area contributed by atoms with Gasteiger partial charge >= 0.3 is 11.9 Å². The van der Waals surface area contributed by atoms with Crippen LogP contribution in [0.4, 0.5) is 14.5 Å². The molecule has 0 fully saturated rings. The van der Waals surface area contributed by atoms with Gasteiger partial charge in [-0.25, -0.2) is 18.4 Å². The molecule has 0 spiro atoms. The number of nitrogens with one attached hydrogen (secondary N) is 1. The third-order valence-electron chi connectivity index (χ3n) is 2.57. The van der Waals surface area contributed by atoms with Gasteiger partial charge in [0.2, 0.25) is 0 Å². The third kappa shape index (κ3) is 4.51. The summed E-state index contributed by atoms with van der Waals surface area (Å²) >= 11 is 0. The molecule has 0 bridgehead atoms. The Morgan fingerprint density at radius 2 is 1.78 bits per heavy atom. The molecule has 0 aliphatic carbocycles. The second kappa shape index (κ2) is 8.48. The molecule has 8 heteroatoms. The number of hydrogen-bond acceptors (Lipinski definition) is 6. The van der Waals surface area contributed by atoms with Gasteiger partial charge in [-0.05, 0) is 26.0 Å². The first kappa shape index (κ1) is 18.1. The minimum Gasteiger partial charge on any atom is -0.462 e. The van der Waals surface area contributed by atoms with Crippen molar-refractivity contribution < 1.29 is 27.8 Å². The van der Waals surface area contributed by atoms with Crippen molar-refractivity contribution >= 4 is 17.6 Å². The number of nitriles is 1. The molecule has 0 radical (unpaired) electrons. The van der Waals surface area contributed by atoms with Crippen molar-refractivity contribution in [2.45, 2.75) is 13.8 Å². The number of ether oxygens (including phenoxy) is 2. The van der Waals surface area contributed by atoms with E-state index in [-0.39, 0.29) is 18.9 Å². The van der Waals surface area contributed by atoms with Crippen LogP contribution in [0.5, 0.6) is 0 Å². The van der Waals surface area contributed by atoms with Gasteiger partial charge in [0, 0.05) is 6.20 Å². The smallest absolute Gasteiger partial charge is 0.347 e. The summed E-state index contributed by atoms with van der Waals surface area (Å²) in [5.74, 6) is -4.41. The first-order chi connectivity index (χ1) is 11.0. The van der Waals surface area contributed by atoms with Gasteiger partial charge < -0.3 is 14.8 Å². The summed E-state index contributed by atoms with van der Waals surface area (Å²) in [5, 5.41) is 11.3. The molecule has 0 saturated carbocycles. The second-order valence-corrected chi connectivity index (χ2v) is 4.04. The van der Waals surface area contributed by atoms with Crippen molar-refractivity contribution in [3.05, 3.63) is 41.1 Å². The first-order valence-corrected chi connectivity index (χ1v) is 6.65. The summed E-state index contributed by atoms with van der Waals surface area (Å²) in [6.45, 7) is 3.17. The molecule has 0 aliphatic heterocycles. The maximum atomic E-state index is 13.5. The maximum absolute atomic E-state index is 13.5. The van der Waals surface area contributed by atoms with Crippen LogP contribution >= 0.6 is 0 Å². The lowest BCUT2D eigenvalue weighted by Gasteiger charge is -2.09. The lowest BCUT2D eigenvalue weighted by molar-refractivity contribution is -0.146. The molecule has 6 nitrogen and oxygen atoms in total. The van der Waals surface area contributed by atoms with E-state index in [0.29, 0.717) is 0 Å². The van der Waals surface area contributed by atoms with Crippen LogP contribution in [0, 0.1) is 23.0 Å². The number of carbonyl (C=O) groups is 2. The Kier molecular flexibility index (Phi) is 6.68. The monoisotopic (exact) mass is 324 g/mol. The minimum atomic E-state index is -1.33. The van der Waals surface area contributed by atoms with Gasteiger partial charge in [0.05, 0.1) is 18.9 Å². The maximum Gasteiger partial charge on any atom is 0.347 e. The Balaban J connectivity index is 3.15. The van der Waals surface area contributed by atoms with Crippen LogP contribution in [0.25, 0.3) is 0 Å². The predicted molar refractivity (Wildman–Crippen MR) is 76.0 cm³/mol. The van der Waals surface area contributed by atoms with E-state index in [1.807, 2.05) is 0 Å². The molecule has 0 aromatic heterocycles. The molecule has 1 N–H and O–H groups in total. The molecule has 0 heterocycles. The van der Waals surface area contributed by atoms with E-state index in [1.165, 1.54) is 6.07 Å². The van der Waals surface area contributed by atoms with Crippen molar-refractivity contribution in [1.82, 2.24) is 0 Å². The highest BCUT2D eigenvalue weighted by Gasteiger charge is 2.21. The fraction of sp³-hybridized carbons (Fsp3) is 0.267. The number of halogens is 2. The second-order valence-electron chi connectivity index (χ2n) is 4.04. The van der Waals surface area contributed by atoms with E-state index < -0.39 is 34.7 Å². The SMILES string of the molecule is CCOC(=O)C(=CNc1ccc(F)c(F)c1C#N)C(=O)OCC. The third-order valence-corrected chi connectivity index (χ3v) is 2.57. The number of benzene rings is 1. The van der Waals surface area contributed by atoms with Gasteiger partial charge in [0.25, 0.3) is 0 Å². The lowest BCUT2D eigenvalue weighted by Crippen LogP contribution is -2.19. The molecule has 1 aromatic rings. The highest BCUT2D eigenvalue weighted by molar-refractivity contribution is 6.14. The summed E-state index contributed by atoms with van der Waals surface area (Å²) < 4.78 is 36.0. The van der Waals surface area contributed by atoms with Gasteiger partial charge in [0.1, 0.15) is 11.6 Å². The van der Waals surface area contributed by atoms with Crippen LogP contribution in [0.2, 0.25) is 0 Å². The largest absolute Gasteiger partial charge is 0.462 e. The molecule has 0 amide bonds. The summed E-state index contributed by atoms with van der Waals surface area (Å²) in [5.41, 5.74) is -1.17. The first-order valence-electron chi connectivity index (χ1n) is 6.65. The highest BCUT2D eigenvalue weighted by Crippen LogP contribution is 2.21. The standard InChI is InChI=1S/C15H14F2N2O4/c1-3-22-14(20)10(15(21)23-4-2)8-19-12-6-5-11(16)13(17)9(12)7-18/h5-6,8,19H,3-4H2,1-2H3. The number of carbonyl (C=O) groups excluding carboxylic acids is 2. The Bertz CT molecular complexity index is 661. The zero-order valence-corrected chi connectivity index (χ0v) is 12.5. The van der Waals surface area contributed by atoms with Crippen molar-refractivity contribution in [3.63, 3.8) is 0 Å². The summed E-state index contributed by atoms with van der Waals surface area (Å²) in [6, 6.07) is 3.40. The normalized spacial score (nSPS) is 9.52. The Morgan fingerprint density at radius 3 is 2.26 bits per heavy atom. The predicted octanol–water partition coefficient (Wildman–Crippen LogP) is 2.26. The number of anilines is 1. The molecule has 0 unspecified atom stereocenters. The average Bonchev–Trinajstić information content (AvgIpc) is 2.51. The Labute approximate surface area is 131 Å². The van der Waals surface area contributed by atoms with Crippen LogP contribution in [0.15, 0.2) is 23.9 Å². The quantitative estimate of drug-likeness (QED) is 0.374. The number of hydrogen-bond donors (Lipinski definition) is 1. The lowest BCUT2D eigenvalue weighted by atomic mass is 10.1. The van der Waals surface area contributed by atoms with E-state index in [4.69, 9.17) is 14.7 Å². The molecule has 0 atom stereocenters. The molecule has 122 valence electrons. The molecular weight excluding hydrogens is 310 g/mol. The fourth-order valence-corrected chi connectivity index (χ4v) is 1.55. The molecule has 23 heavy (non-hydrogen) atoms. The van der Waals surface area contributed by atoms with Crippen LogP contribution in [0.1, 0.15) is 19.4 Å². The van der Waals surface area contributed by atoms with E-state index in [2.05, 4.69) is 5.32 Å².